The number of hydrogen-bond donors (Lipinski definition) is 2. The summed E-state index contributed by atoms with van der Waals surface area (Å²) in [6, 6.07) is 7.93. The summed E-state index contributed by atoms with van der Waals surface area (Å²) >= 11 is 0. The smallest absolute Gasteiger partial charge is 0.342 e. The molecule has 1 aliphatic carbocycles. The summed E-state index contributed by atoms with van der Waals surface area (Å²) in [7, 11) is -3.63. The number of rotatable bonds is 11. The van der Waals surface area contributed by atoms with Gasteiger partial charge in [-0.3, -0.25) is 9.36 Å². The van der Waals surface area contributed by atoms with Gasteiger partial charge in [0.2, 0.25) is 0 Å². The quantitative estimate of drug-likeness (QED) is 0.305. The number of hydrogen-bond acceptors (Lipinski definition) is 9. The fraction of sp³-hybridized carbons (Fsp3) is 0.455. The van der Waals surface area contributed by atoms with Crippen LogP contribution in [0.4, 0.5) is 5.82 Å². The zero-order valence-corrected chi connectivity index (χ0v) is 20.1. The molecule has 1 aromatic carbocycles. The Morgan fingerprint density at radius 2 is 2.00 bits per heavy atom. The molecule has 0 spiro atoms. The van der Waals surface area contributed by atoms with Crippen LogP contribution in [-0.4, -0.2) is 50.1 Å². The van der Waals surface area contributed by atoms with Gasteiger partial charge in [-0.1, -0.05) is 18.2 Å². The number of anilines is 1. The zero-order valence-electron chi connectivity index (χ0n) is 19.2. The molecule has 12 heteroatoms. The van der Waals surface area contributed by atoms with E-state index < -0.39 is 19.5 Å². The topological polar surface area (TPSA) is 143 Å². The minimum absolute atomic E-state index is 0.0645. The van der Waals surface area contributed by atoms with Crippen LogP contribution in [-0.2, 0) is 25.4 Å². The number of ether oxygens (including phenoxy) is 2. The van der Waals surface area contributed by atoms with Crippen LogP contribution < -0.4 is 15.3 Å². The second kappa shape index (κ2) is 10.5. The monoisotopic (exact) mass is 488 g/mol. The molecular weight excluding hydrogens is 459 g/mol. The van der Waals surface area contributed by atoms with E-state index in [1.807, 2.05) is 13.0 Å². The highest BCUT2D eigenvalue weighted by molar-refractivity contribution is 7.57. The molecule has 1 fully saturated rings. The van der Waals surface area contributed by atoms with Gasteiger partial charge in [-0.25, -0.2) is 20.0 Å². The van der Waals surface area contributed by atoms with Crippen molar-refractivity contribution in [3.05, 3.63) is 43.0 Å². The highest BCUT2D eigenvalue weighted by atomic mass is 31.2. The average Bonchev–Trinajstić information content (AvgIpc) is 3.19. The molecule has 0 saturated heterocycles. The molecule has 0 radical (unpaired) electrons. The Labute approximate surface area is 197 Å². The number of aromatic nitrogens is 4. The molecule has 3 aromatic rings. The number of carbonyl (C=O) groups excluding carboxylic acids is 1. The van der Waals surface area contributed by atoms with Crippen LogP contribution >= 0.6 is 7.52 Å². The van der Waals surface area contributed by atoms with Gasteiger partial charge in [0.15, 0.2) is 11.5 Å². The normalized spacial score (nSPS) is 17.5. The Morgan fingerprint density at radius 1 is 1.24 bits per heavy atom. The van der Waals surface area contributed by atoms with Crippen LogP contribution in [0.5, 0.6) is 5.75 Å². The summed E-state index contributed by atoms with van der Waals surface area (Å²) in [4.78, 5) is 24.8. The Morgan fingerprint density at radius 3 is 2.71 bits per heavy atom. The molecule has 2 heterocycles. The third kappa shape index (κ3) is 5.91. The van der Waals surface area contributed by atoms with E-state index in [-0.39, 0.29) is 18.6 Å². The summed E-state index contributed by atoms with van der Waals surface area (Å²) < 4.78 is 32.6. The fourth-order valence-electron chi connectivity index (χ4n) is 3.43. The number of fused-ring (bicyclic) bond motifs is 1. The van der Waals surface area contributed by atoms with Gasteiger partial charge in [0.1, 0.15) is 36.1 Å². The van der Waals surface area contributed by atoms with Gasteiger partial charge in [-0.2, -0.15) is 0 Å². The van der Waals surface area contributed by atoms with E-state index in [0.717, 1.165) is 19.3 Å². The van der Waals surface area contributed by atoms with Crippen molar-refractivity contribution in [1.82, 2.24) is 24.6 Å². The molecule has 34 heavy (non-hydrogen) atoms. The summed E-state index contributed by atoms with van der Waals surface area (Å²) in [5, 5.41) is 2.82. The zero-order chi connectivity index (χ0) is 24.1. The number of nitrogens with zero attached hydrogens (tertiary/aromatic N) is 4. The van der Waals surface area contributed by atoms with E-state index >= 15 is 0 Å². The van der Waals surface area contributed by atoms with E-state index in [9.17, 15) is 9.36 Å². The highest BCUT2D eigenvalue weighted by Gasteiger charge is 2.33. The van der Waals surface area contributed by atoms with Gasteiger partial charge >= 0.3 is 13.5 Å². The number of nitrogen functional groups attached to an aromatic ring is 1. The number of esters is 1. The average molecular weight is 488 g/mol. The molecule has 2 aromatic heterocycles. The fourth-order valence-corrected chi connectivity index (χ4v) is 5.22. The Hall–Kier alpha value is -3.01. The summed E-state index contributed by atoms with van der Waals surface area (Å²) in [5.74, 6) is 0.240. The standard InChI is InChI=1S/C22H29N6O5P/c1-15(11-28-13-26-19-20(23)24-12-25-21(19)28)31-14-34(30,33-18-7-4-3-5-8-18)27-16(2)22(29)32-17-9-6-10-17/h3-5,7-8,12-13,15-17H,6,9-11,14H2,1-2H3,(H,27,30)(H2,23,24,25)/t15-,16+,34?/m1/s1. The molecule has 0 aliphatic heterocycles. The molecule has 0 bridgehead atoms. The van der Waals surface area contributed by atoms with Crippen LogP contribution in [0.2, 0.25) is 0 Å². The third-order valence-corrected chi connectivity index (χ3v) is 7.26. The number of benzene rings is 1. The van der Waals surface area contributed by atoms with Crippen molar-refractivity contribution < 1.29 is 23.4 Å². The van der Waals surface area contributed by atoms with Crippen molar-refractivity contribution in [2.75, 3.05) is 12.1 Å². The highest BCUT2D eigenvalue weighted by Crippen LogP contribution is 2.44. The minimum Gasteiger partial charge on any atom is -0.461 e. The molecule has 1 unspecified atom stereocenters. The van der Waals surface area contributed by atoms with Crippen LogP contribution in [0.25, 0.3) is 11.2 Å². The van der Waals surface area contributed by atoms with Crippen molar-refractivity contribution in [1.29, 1.82) is 0 Å². The van der Waals surface area contributed by atoms with Crippen molar-refractivity contribution in [2.45, 2.75) is 57.9 Å². The minimum atomic E-state index is -3.63. The van der Waals surface area contributed by atoms with E-state index in [1.54, 1.807) is 42.1 Å². The maximum atomic E-state index is 13.7. The first-order chi connectivity index (χ1) is 16.3. The van der Waals surface area contributed by atoms with Gasteiger partial charge in [0, 0.05) is 0 Å². The molecule has 4 rings (SSSR count). The Bertz CT molecular complexity index is 1170. The summed E-state index contributed by atoms with van der Waals surface area (Å²) in [6.07, 6.45) is 5.04. The third-order valence-electron chi connectivity index (χ3n) is 5.49. The summed E-state index contributed by atoms with van der Waals surface area (Å²) in [6.45, 7) is 3.82. The Kier molecular flexibility index (Phi) is 7.45. The first-order valence-corrected chi connectivity index (χ1v) is 13.0. The molecule has 1 aliphatic rings. The lowest BCUT2D eigenvalue weighted by Crippen LogP contribution is -2.39. The number of carbonyl (C=O) groups is 1. The largest absolute Gasteiger partial charge is 0.461 e. The summed E-state index contributed by atoms with van der Waals surface area (Å²) in [5.41, 5.74) is 6.93. The second-order valence-corrected chi connectivity index (χ2v) is 10.4. The van der Waals surface area contributed by atoms with Gasteiger partial charge in [-0.05, 0) is 45.2 Å². The Balaban J connectivity index is 1.42. The van der Waals surface area contributed by atoms with Crippen LogP contribution in [0.15, 0.2) is 43.0 Å². The molecule has 3 N–H and O–H groups in total. The number of para-hydroxylation sites is 1. The van der Waals surface area contributed by atoms with Crippen molar-refractivity contribution in [2.24, 2.45) is 0 Å². The molecule has 11 nitrogen and oxygen atoms in total. The number of imidazole rings is 1. The number of nitrogens with one attached hydrogen (secondary N) is 1. The molecule has 3 atom stereocenters. The van der Waals surface area contributed by atoms with Crippen LogP contribution in [0.1, 0.15) is 33.1 Å². The van der Waals surface area contributed by atoms with Gasteiger partial charge in [-0.15, -0.1) is 0 Å². The lowest BCUT2D eigenvalue weighted by Gasteiger charge is -2.28. The second-order valence-electron chi connectivity index (χ2n) is 8.35. The lowest BCUT2D eigenvalue weighted by atomic mass is 9.96. The van der Waals surface area contributed by atoms with Gasteiger partial charge in [0.25, 0.3) is 0 Å². The van der Waals surface area contributed by atoms with Crippen molar-refractivity contribution >= 4 is 30.5 Å². The van der Waals surface area contributed by atoms with Gasteiger partial charge in [0.05, 0.1) is 19.0 Å². The van der Waals surface area contributed by atoms with E-state index in [4.69, 9.17) is 19.7 Å². The van der Waals surface area contributed by atoms with Crippen LogP contribution in [0.3, 0.4) is 0 Å². The van der Waals surface area contributed by atoms with E-state index in [2.05, 4.69) is 20.0 Å². The maximum absolute atomic E-state index is 13.7. The number of nitrogens with two attached hydrogens (primary N) is 1. The maximum Gasteiger partial charge on any atom is 0.342 e. The first-order valence-electron chi connectivity index (χ1n) is 11.2. The molecular formula is C22H29N6O5P. The predicted octanol–water partition coefficient (Wildman–Crippen LogP) is 3.12. The van der Waals surface area contributed by atoms with E-state index in [0.29, 0.717) is 29.3 Å². The first kappa shape index (κ1) is 24.1. The van der Waals surface area contributed by atoms with Gasteiger partial charge < -0.3 is 24.3 Å². The lowest BCUT2D eigenvalue weighted by molar-refractivity contribution is -0.154. The predicted molar refractivity (Wildman–Crippen MR) is 126 cm³/mol. The van der Waals surface area contributed by atoms with Crippen molar-refractivity contribution in [3.8, 4) is 5.75 Å². The van der Waals surface area contributed by atoms with Crippen LogP contribution in [0, 0.1) is 0 Å². The van der Waals surface area contributed by atoms with E-state index in [1.165, 1.54) is 6.33 Å². The van der Waals surface area contributed by atoms with Crippen molar-refractivity contribution in [3.63, 3.8) is 0 Å². The molecule has 182 valence electrons. The SMILES string of the molecule is C[C@H](Cn1cnc2c(N)ncnc21)OCP(=O)(N[C@@H](C)C(=O)OC1CCC1)Oc1ccccc1. The molecule has 0 amide bonds. The molecule has 1 saturated carbocycles.